The van der Waals surface area contributed by atoms with Gasteiger partial charge in [0.25, 0.3) is 0 Å². The molecule has 1 amide bonds. The molecule has 18 heavy (non-hydrogen) atoms. The van der Waals surface area contributed by atoms with E-state index in [9.17, 15) is 14.7 Å². The lowest BCUT2D eigenvalue weighted by Crippen LogP contribution is -2.56. The summed E-state index contributed by atoms with van der Waals surface area (Å²) < 4.78 is 0. The molecule has 104 valence electrons. The summed E-state index contributed by atoms with van der Waals surface area (Å²) in [5.41, 5.74) is 4.37. The van der Waals surface area contributed by atoms with Crippen LogP contribution in [0.4, 0.5) is 0 Å². The summed E-state index contributed by atoms with van der Waals surface area (Å²) >= 11 is 0. The SMILES string of the molecule is CC(CCCN)C(=O)NC1(C(=O)O)CCCCC1. The Morgan fingerprint density at radius 2 is 1.94 bits per heavy atom. The van der Waals surface area contributed by atoms with Crippen molar-refractivity contribution in [1.29, 1.82) is 0 Å². The average Bonchev–Trinajstić information content (AvgIpc) is 2.36. The first-order valence-corrected chi connectivity index (χ1v) is 6.77. The van der Waals surface area contributed by atoms with Crippen LogP contribution >= 0.6 is 0 Å². The first-order chi connectivity index (χ1) is 8.52. The Kier molecular flexibility index (Phi) is 5.59. The summed E-state index contributed by atoms with van der Waals surface area (Å²) in [4.78, 5) is 23.4. The Bertz CT molecular complexity index is 299. The van der Waals surface area contributed by atoms with Crippen molar-refractivity contribution in [2.45, 2.75) is 57.4 Å². The number of carbonyl (C=O) groups excluding carboxylic acids is 1. The van der Waals surface area contributed by atoms with Gasteiger partial charge in [0, 0.05) is 5.92 Å². The number of amides is 1. The van der Waals surface area contributed by atoms with E-state index in [1.807, 2.05) is 6.92 Å². The van der Waals surface area contributed by atoms with E-state index < -0.39 is 11.5 Å². The van der Waals surface area contributed by atoms with Crippen molar-refractivity contribution >= 4 is 11.9 Å². The highest BCUT2D eigenvalue weighted by molar-refractivity contribution is 5.88. The van der Waals surface area contributed by atoms with E-state index in [0.717, 1.165) is 25.7 Å². The van der Waals surface area contributed by atoms with E-state index in [1.54, 1.807) is 0 Å². The van der Waals surface area contributed by atoms with Crippen LogP contribution in [0.15, 0.2) is 0 Å². The standard InChI is InChI=1S/C13H24N2O3/c1-10(6-5-9-14)11(16)15-13(12(17)18)7-3-2-4-8-13/h10H,2-9,14H2,1H3,(H,15,16)(H,17,18). The van der Waals surface area contributed by atoms with Crippen LogP contribution in [0.3, 0.4) is 0 Å². The van der Waals surface area contributed by atoms with Gasteiger partial charge in [0.1, 0.15) is 5.54 Å². The largest absolute Gasteiger partial charge is 0.480 e. The predicted octanol–water partition coefficient (Wildman–Crippen LogP) is 1.27. The van der Waals surface area contributed by atoms with Crippen LogP contribution in [0, 0.1) is 5.92 Å². The maximum absolute atomic E-state index is 12.0. The highest BCUT2D eigenvalue weighted by Gasteiger charge is 2.41. The molecule has 1 unspecified atom stereocenters. The minimum Gasteiger partial charge on any atom is -0.480 e. The Labute approximate surface area is 108 Å². The fourth-order valence-electron chi connectivity index (χ4n) is 2.46. The molecule has 0 aromatic carbocycles. The molecule has 0 heterocycles. The molecule has 1 fully saturated rings. The Morgan fingerprint density at radius 1 is 1.33 bits per heavy atom. The van der Waals surface area contributed by atoms with Gasteiger partial charge in [-0.05, 0) is 32.2 Å². The number of hydrogen-bond donors (Lipinski definition) is 3. The minimum absolute atomic E-state index is 0.159. The second kappa shape index (κ2) is 6.73. The summed E-state index contributed by atoms with van der Waals surface area (Å²) in [5, 5.41) is 12.1. The monoisotopic (exact) mass is 256 g/mol. The fourth-order valence-corrected chi connectivity index (χ4v) is 2.46. The van der Waals surface area contributed by atoms with Crippen LogP contribution in [0.5, 0.6) is 0 Å². The third kappa shape index (κ3) is 3.70. The van der Waals surface area contributed by atoms with Gasteiger partial charge >= 0.3 is 5.97 Å². The van der Waals surface area contributed by atoms with Gasteiger partial charge in [-0.2, -0.15) is 0 Å². The maximum atomic E-state index is 12.0. The third-order valence-corrected chi connectivity index (χ3v) is 3.77. The van der Waals surface area contributed by atoms with Crippen molar-refractivity contribution in [1.82, 2.24) is 5.32 Å². The number of hydrogen-bond acceptors (Lipinski definition) is 3. The smallest absolute Gasteiger partial charge is 0.329 e. The summed E-state index contributed by atoms with van der Waals surface area (Å²) in [6.45, 7) is 2.38. The number of nitrogens with two attached hydrogens (primary N) is 1. The summed E-state index contributed by atoms with van der Waals surface area (Å²) in [6, 6.07) is 0. The molecule has 1 aliphatic carbocycles. The average molecular weight is 256 g/mol. The lowest BCUT2D eigenvalue weighted by Gasteiger charge is -2.34. The molecule has 0 saturated heterocycles. The second-order valence-corrected chi connectivity index (χ2v) is 5.27. The molecule has 4 N–H and O–H groups in total. The van der Waals surface area contributed by atoms with Gasteiger partial charge in [0.05, 0.1) is 0 Å². The van der Waals surface area contributed by atoms with Gasteiger partial charge in [0.15, 0.2) is 0 Å². The molecular formula is C13H24N2O3. The lowest BCUT2D eigenvalue weighted by atomic mass is 9.81. The van der Waals surface area contributed by atoms with Crippen LogP contribution in [-0.4, -0.2) is 29.1 Å². The van der Waals surface area contributed by atoms with E-state index in [-0.39, 0.29) is 11.8 Å². The third-order valence-electron chi connectivity index (χ3n) is 3.77. The molecule has 1 saturated carbocycles. The molecule has 0 aliphatic heterocycles. The number of rotatable bonds is 6. The van der Waals surface area contributed by atoms with Crippen molar-refractivity contribution in [2.24, 2.45) is 11.7 Å². The molecule has 1 atom stereocenters. The number of carboxylic acids is 1. The molecule has 0 bridgehead atoms. The molecule has 5 nitrogen and oxygen atoms in total. The quantitative estimate of drug-likeness (QED) is 0.667. The Balaban J connectivity index is 2.60. The van der Waals surface area contributed by atoms with Gasteiger partial charge in [-0.25, -0.2) is 4.79 Å². The van der Waals surface area contributed by atoms with Crippen LogP contribution in [-0.2, 0) is 9.59 Å². The summed E-state index contributed by atoms with van der Waals surface area (Å²) in [7, 11) is 0. The first-order valence-electron chi connectivity index (χ1n) is 6.77. The van der Waals surface area contributed by atoms with E-state index in [4.69, 9.17) is 5.73 Å². The Morgan fingerprint density at radius 3 is 2.44 bits per heavy atom. The van der Waals surface area contributed by atoms with E-state index >= 15 is 0 Å². The van der Waals surface area contributed by atoms with Crippen LogP contribution in [0.2, 0.25) is 0 Å². The number of nitrogens with one attached hydrogen (secondary N) is 1. The minimum atomic E-state index is -1.04. The van der Waals surface area contributed by atoms with E-state index in [0.29, 0.717) is 25.8 Å². The zero-order chi connectivity index (χ0) is 13.6. The normalized spacial score (nSPS) is 20.1. The van der Waals surface area contributed by atoms with Crippen molar-refractivity contribution in [3.8, 4) is 0 Å². The topological polar surface area (TPSA) is 92.4 Å². The maximum Gasteiger partial charge on any atom is 0.329 e. The highest BCUT2D eigenvalue weighted by Crippen LogP contribution is 2.29. The van der Waals surface area contributed by atoms with Crippen molar-refractivity contribution in [2.75, 3.05) is 6.54 Å². The molecule has 1 aliphatic rings. The van der Waals surface area contributed by atoms with Gasteiger partial charge in [-0.3, -0.25) is 4.79 Å². The van der Waals surface area contributed by atoms with Gasteiger partial charge in [-0.1, -0.05) is 26.2 Å². The lowest BCUT2D eigenvalue weighted by molar-refractivity contribution is -0.150. The Hall–Kier alpha value is -1.10. The zero-order valence-electron chi connectivity index (χ0n) is 11.1. The van der Waals surface area contributed by atoms with Crippen LogP contribution < -0.4 is 11.1 Å². The van der Waals surface area contributed by atoms with Gasteiger partial charge in [-0.15, -0.1) is 0 Å². The number of carbonyl (C=O) groups is 2. The van der Waals surface area contributed by atoms with Gasteiger partial charge < -0.3 is 16.2 Å². The molecular weight excluding hydrogens is 232 g/mol. The molecule has 0 aromatic heterocycles. The van der Waals surface area contributed by atoms with Crippen LogP contribution in [0.25, 0.3) is 0 Å². The first kappa shape index (κ1) is 15.0. The van der Waals surface area contributed by atoms with E-state index in [1.165, 1.54) is 0 Å². The van der Waals surface area contributed by atoms with E-state index in [2.05, 4.69) is 5.32 Å². The summed E-state index contributed by atoms with van der Waals surface area (Å²) in [5.74, 6) is -1.24. The predicted molar refractivity (Wildman–Crippen MR) is 69.0 cm³/mol. The zero-order valence-corrected chi connectivity index (χ0v) is 11.1. The van der Waals surface area contributed by atoms with Crippen molar-refractivity contribution in [3.05, 3.63) is 0 Å². The summed E-state index contributed by atoms with van der Waals surface area (Å²) in [6.07, 6.45) is 5.35. The molecule has 5 heteroatoms. The van der Waals surface area contributed by atoms with Crippen LogP contribution in [0.1, 0.15) is 51.9 Å². The molecule has 1 rings (SSSR count). The fraction of sp³-hybridized carbons (Fsp3) is 0.846. The molecule has 0 radical (unpaired) electrons. The highest BCUT2D eigenvalue weighted by atomic mass is 16.4. The van der Waals surface area contributed by atoms with Crippen molar-refractivity contribution in [3.63, 3.8) is 0 Å². The molecule has 0 spiro atoms. The number of carboxylic acid groups (broad SMARTS) is 1. The van der Waals surface area contributed by atoms with Crippen molar-refractivity contribution < 1.29 is 14.7 Å². The number of aliphatic carboxylic acids is 1. The van der Waals surface area contributed by atoms with Gasteiger partial charge in [0.2, 0.25) is 5.91 Å². The molecule has 0 aromatic rings. The second-order valence-electron chi connectivity index (χ2n) is 5.27.